The maximum absolute atomic E-state index is 13.1. The van der Waals surface area contributed by atoms with Gasteiger partial charge in [-0.1, -0.05) is 31.4 Å². The Bertz CT molecular complexity index is 1130. The van der Waals surface area contributed by atoms with Crippen LogP contribution in [-0.4, -0.2) is 77.2 Å². The first kappa shape index (κ1) is 27.5. The second-order valence-corrected chi connectivity index (χ2v) is 11.7. The van der Waals surface area contributed by atoms with E-state index in [0.29, 0.717) is 29.2 Å². The van der Waals surface area contributed by atoms with E-state index in [1.165, 1.54) is 44.2 Å². The maximum atomic E-state index is 13.1. The molecule has 1 amide bonds. The van der Waals surface area contributed by atoms with Gasteiger partial charge in [-0.3, -0.25) is 24.4 Å². The van der Waals surface area contributed by atoms with Crippen molar-refractivity contribution in [3.8, 4) is 6.07 Å². The number of aromatic nitrogens is 1. The van der Waals surface area contributed by atoms with Gasteiger partial charge in [0.2, 0.25) is 0 Å². The highest BCUT2D eigenvalue weighted by Crippen LogP contribution is 2.25. The highest BCUT2D eigenvalue weighted by Gasteiger charge is 2.26. The second-order valence-electron chi connectivity index (χ2n) is 11.7. The van der Waals surface area contributed by atoms with E-state index in [0.717, 1.165) is 64.6 Å². The zero-order valence-electron chi connectivity index (χ0n) is 23.1. The maximum Gasteiger partial charge on any atom is 0.255 e. The minimum absolute atomic E-state index is 0.0217. The third-order valence-electron chi connectivity index (χ3n) is 8.87. The number of hydrogen-bond donors (Lipinski definition) is 0. The summed E-state index contributed by atoms with van der Waals surface area (Å²) >= 11 is 0. The fraction of sp³-hybridized carbons (Fsp3) is 0.562. The molecule has 1 saturated carbocycles. The van der Waals surface area contributed by atoms with Crippen molar-refractivity contribution in [3.63, 3.8) is 0 Å². The number of amides is 1. The van der Waals surface area contributed by atoms with Gasteiger partial charge in [0.05, 0.1) is 17.2 Å². The van der Waals surface area contributed by atoms with Crippen LogP contribution in [0.15, 0.2) is 42.6 Å². The van der Waals surface area contributed by atoms with Crippen LogP contribution >= 0.6 is 0 Å². The summed E-state index contributed by atoms with van der Waals surface area (Å²) in [6.07, 6.45) is 10.9. The lowest BCUT2D eigenvalue weighted by Gasteiger charge is -2.37. The molecule has 39 heavy (non-hydrogen) atoms. The minimum atomic E-state index is 0.0217. The van der Waals surface area contributed by atoms with Crippen LogP contribution < -0.4 is 0 Å². The third kappa shape index (κ3) is 7.52. The number of piperazine rings is 1. The molecule has 0 radical (unpaired) electrons. The number of rotatable bonds is 8. The van der Waals surface area contributed by atoms with Gasteiger partial charge in [-0.15, -0.1) is 0 Å². The Balaban J connectivity index is 1.04. The average Bonchev–Trinajstić information content (AvgIpc) is 2.99. The van der Waals surface area contributed by atoms with E-state index >= 15 is 0 Å². The molecule has 3 fully saturated rings. The number of pyridine rings is 1. The average molecular weight is 528 g/mol. The van der Waals surface area contributed by atoms with Crippen molar-refractivity contribution in [3.05, 3.63) is 65.0 Å². The van der Waals surface area contributed by atoms with Crippen molar-refractivity contribution in [2.24, 2.45) is 11.8 Å². The van der Waals surface area contributed by atoms with Crippen molar-refractivity contribution in [2.75, 3.05) is 45.8 Å². The highest BCUT2D eigenvalue weighted by atomic mass is 16.2. The van der Waals surface area contributed by atoms with Crippen LogP contribution in [0.4, 0.5) is 0 Å². The first-order valence-corrected chi connectivity index (χ1v) is 14.8. The summed E-state index contributed by atoms with van der Waals surface area (Å²) in [5.41, 5.74) is 2.93. The number of benzene rings is 1. The molecule has 2 aliphatic heterocycles. The summed E-state index contributed by atoms with van der Waals surface area (Å²) in [5.74, 6) is 1.28. The molecule has 0 atom stereocenters. The first-order valence-electron chi connectivity index (χ1n) is 14.8. The summed E-state index contributed by atoms with van der Waals surface area (Å²) in [7, 11) is 0. The lowest BCUT2D eigenvalue weighted by atomic mass is 9.89. The van der Waals surface area contributed by atoms with Crippen molar-refractivity contribution >= 4 is 11.7 Å². The fourth-order valence-electron chi connectivity index (χ4n) is 6.39. The van der Waals surface area contributed by atoms with Crippen LogP contribution in [-0.2, 0) is 6.54 Å². The molecule has 0 N–H and O–H groups in total. The van der Waals surface area contributed by atoms with E-state index < -0.39 is 0 Å². The summed E-state index contributed by atoms with van der Waals surface area (Å²) in [5, 5.41) is 8.97. The molecule has 3 heterocycles. The summed E-state index contributed by atoms with van der Waals surface area (Å²) in [4.78, 5) is 37.2. The van der Waals surface area contributed by atoms with Crippen molar-refractivity contribution in [2.45, 2.75) is 57.9 Å². The van der Waals surface area contributed by atoms with Gasteiger partial charge < -0.3 is 4.90 Å². The minimum Gasteiger partial charge on any atom is -0.336 e. The molecular weight excluding hydrogens is 486 g/mol. The quantitative estimate of drug-likeness (QED) is 0.460. The number of ketones is 1. The zero-order chi connectivity index (χ0) is 27.0. The van der Waals surface area contributed by atoms with Gasteiger partial charge in [0.1, 0.15) is 5.69 Å². The predicted octanol–water partition coefficient (Wildman–Crippen LogP) is 4.78. The molecule has 0 spiro atoms. The standard InChI is InChI=1S/C32H41N5O2/c33-21-26-6-8-28(9-7-26)24-35-14-12-25(13-15-35)20-31(38)30-11-10-29(22-34-30)32(39)37-18-16-36(17-19-37)23-27-4-2-1-3-5-27/h6-11,22,25,27H,1-5,12-20,23-24H2. The van der Waals surface area contributed by atoms with Crippen LogP contribution in [0.1, 0.15) is 83.3 Å². The van der Waals surface area contributed by atoms with Crippen LogP contribution in [0.25, 0.3) is 0 Å². The lowest BCUT2D eigenvalue weighted by Crippen LogP contribution is -2.49. The molecule has 0 unspecified atom stereocenters. The van der Waals surface area contributed by atoms with Crippen molar-refractivity contribution < 1.29 is 9.59 Å². The Morgan fingerprint density at radius 3 is 2.18 bits per heavy atom. The Morgan fingerprint density at radius 2 is 1.54 bits per heavy atom. The monoisotopic (exact) mass is 527 g/mol. The van der Waals surface area contributed by atoms with Crippen molar-refractivity contribution in [1.29, 1.82) is 5.26 Å². The number of nitriles is 1. The third-order valence-corrected chi connectivity index (χ3v) is 8.87. The Hall–Kier alpha value is -3.08. The molecule has 2 saturated heterocycles. The molecule has 7 nitrogen and oxygen atoms in total. The van der Waals surface area contributed by atoms with Gasteiger partial charge in [-0.05, 0) is 80.4 Å². The molecule has 0 bridgehead atoms. The number of Topliss-reactive ketones (excluding diaryl/α,β-unsaturated/α-hetero) is 1. The van der Waals surface area contributed by atoms with Gasteiger partial charge in [0, 0.05) is 51.9 Å². The van der Waals surface area contributed by atoms with E-state index in [9.17, 15) is 9.59 Å². The normalized spacial score (nSPS) is 20.0. The smallest absolute Gasteiger partial charge is 0.255 e. The van der Waals surface area contributed by atoms with E-state index in [1.807, 2.05) is 29.2 Å². The molecule has 1 aromatic carbocycles. The molecule has 3 aliphatic rings. The Labute approximate surface area is 232 Å². The number of hydrogen-bond acceptors (Lipinski definition) is 6. The number of piperidine rings is 1. The highest BCUT2D eigenvalue weighted by molar-refractivity contribution is 5.97. The van der Waals surface area contributed by atoms with E-state index in [4.69, 9.17) is 5.26 Å². The van der Waals surface area contributed by atoms with Crippen LogP contribution in [0.2, 0.25) is 0 Å². The SMILES string of the molecule is N#Cc1ccc(CN2CCC(CC(=O)c3ccc(C(=O)N4CCN(CC5CCCCC5)CC4)cn3)CC2)cc1. The molecule has 1 aliphatic carbocycles. The molecule has 1 aromatic heterocycles. The molecule has 2 aromatic rings. The predicted molar refractivity (Wildman–Crippen MR) is 151 cm³/mol. The summed E-state index contributed by atoms with van der Waals surface area (Å²) < 4.78 is 0. The Kier molecular flexibility index (Phi) is 9.39. The lowest BCUT2D eigenvalue weighted by molar-refractivity contribution is 0.0605. The van der Waals surface area contributed by atoms with Gasteiger partial charge in [0.15, 0.2) is 5.78 Å². The van der Waals surface area contributed by atoms with Crippen LogP contribution in [0.3, 0.4) is 0 Å². The molecule has 206 valence electrons. The van der Waals surface area contributed by atoms with Gasteiger partial charge >= 0.3 is 0 Å². The number of carbonyl (C=O) groups excluding carboxylic acids is 2. The zero-order valence-corrected chi connectivity index (χ0v) is 23.1. The van der Waals surface area contributed by atoms with Gasteiger partial charge in [-0.25, -0.2) is 0 Å². The topological polar surface area (TPSA) is 80.5 Å². The first-order chi connectivity index (χ1) is 19.1. The number of likely N-dealkylation sites (tertiary alicyclic amines) is 1. The van der Waals surface area contributed by atoms with Crippen LogP contribution in [0, 0.1) is 23.2 Å². The fourth-order valence-corrected chi connectivity index (χ4v) is 6.39. The molecule has 7 heteroatoms. The Morgan fingerprint density at radius 1 is 0.821 bits per heavy atom. The van der Waals surface area contributed by atoms with Crippen LogP contribution in [0.5, 0.6) is 0 Å². The molecular formula is C32H41N5O2. The summed E-state index contributed by atoms with van der Waals surface area (Å²) in [6, 6.07) is 13.4. The van der Waals surface area contributed by atoms with E-state index in [-0.39, 0.29) is 11.7 Å². The number of nitrogens with zero attached hydrogens (tertiary/aromatic N) is 5. The largest absolute Gasteiger partial charge is 0.336 e. The van der Waals surface area contributed by atoms with Gasteiger partial charge in [0.25, 0.3) is 5.91 Å². The van der Waals surface area contributed by atoms with Gasteiger partial charge in [-0.2, -0.15) is 5.26 Å². The van der Waals surface area contributed by atoms with E-state index in [1.54, 1.807) is 18.3 Å². The number of carbonyl (C=O) groups is 2. The second kappa shape index (κ2) is 13.3. The summed E-state index contributed by atoms with van der Waals surface area (Å²) in [6.45, 7) is 7.39. The van der Waals surface area contributed by atoms with E-state index in [2.05, 4.69) is 20.9 Å². The molecule has 5 rings (SSSR count). The van der Waals surface area contributed by atoms with Crippen molar-refractivity contribution in [1.82, 2.24) is 19.7 Å².